The average Bonchev–Trinajstić information content (AvgIpc) is 3.16. The molecule has 0 radical (unpaired) electrons. The summed E-state index contributed by atoms with van der Waals surface area (Å²) in [4.78, 5) is 37.8. The number of ether oxygens (including phenoxy) is 2. The zero-order chi connectivity index (χ0) is 18.1. The van der Waals surface area contributed by atoms with E-state index in [4.69, 9.17) is 9.47 Å². The topological polar surface area (TPSA) is 84.9 Å². The molecule has 1 saturated carbocycles. The summed E-state index contributed by atoms with van der Waals surface area (Å²) in [7, 11) is 0. The van der Waals surface area contributed by atoms with E-state index in [-0.39, 0.29) is 18.6 Å². The maximum atomic E-state index is 12.3. The lowest BCUT2D eigenvalue weighted by Gasteiger charge is -2.31. The van der Waals surface area contributed by atoms with Crippen molar-refractivity contribution in [3.05, 3.63) is 35.4 Å². The third kappa shape index (κ3) is 3.12. The molecule has 138 valence electrons. The van der Waals surface area contributed by atoms with Crippen LogP contribution in [-0.4, -0.2) is 54.2 Å². The number of amides is 3. The second-order valence-corrected chi connectivity index (χ2v) is 7.07. The Kier molecular flexibility index (Phi) is 4.50. The highest BCUT2D eigenvalue weighted by molar-refractivity contribution is 6.22. The number of hydrogen-bond acceptors (Lipinski definition) is 5. The van der Waals surface area contributed by atoms with Crippen LogP contribution >= 0.6 is 0 Å². The number of imide groups is 1. The molecule has 2 fully saturated rings. The second-order valence-electron chi connectivity index (χ2n) is 7.07. The molecule has 0 bridgehead atoms. The molecule has 1 spiro atoms. The Balaban J connectivity index is 1.29. The van der Waals surface area contributed by atoms with Crippen molar-refractivity contribution >= 4 is 17.7 Å². The fourth-order valence-corrected chi connectivity index (χ4v) is 3.88. The first-order chi connectivity index (χ1) is 12.6. The number of hydrogen-bond donors (Lipinski definition) is 1. The van der Waals surface area contributed by atoms with Crippen LogP contribution in [0.2, 0.25) is 0 Å². The van der Waals surface area contributed by atoms with Gasteiger partial charge < -0.3 is 14.8 Å². The Bertz CT molecular complexity index is 706. The standard InChI is InChI=1S/C19H22N2O5/c22-16(11-21-17(23)14-6-2-3-7-15(14)18(21)24)20-10-13-12-25-19(26-13)8-4-1-5-9-19/h2-3,6-7,13H,1,4-5,8-12H2,(H,20,22). The third-order valence-electron chi connectivity index (χ3n) is 5.24. The fourth-order valence-electron chi connectivity index (χ4n) is 3.88. The summed E-state index contributed by atoms with van der Waals surface area (Å²) in [5.74, 6) is -1.71. The number of carbonyl (C=O) groups excluding carboxylic acids is 3. The molecule has 0 aromatic heterocycles. The van der Waals surface area contributed by atoms with E-state index in [1.54, 1.807) is 24.3 Å². The van der Waals surface area contributed by atoms with E-state index in [1.807, 2.05) is 0 Å². The first-order valence-electron chi connectivity index (χ1n) is 9.12. The summed E-state index contributed by atoms with van der Waals surface area (Å²) < 4.78 is 11.9. The van der Waals surface area contributed by atoms with Crippen molar-refractivity contribution in [2.45, 2.75) is 44.0 Å². The summed E-state index contributed by atoms with van der Waals surface area (Å²) >= 11 is 0. The molecule has 7 nitrogen and oxygen atoms in total. The summed E-state index contributed by atoms with van der Waals surface area (Å²) in [5, 5.41) is 2.75. The molecule has 1 atom stereocenters. The van der Waals surface area contributed by atoms with Crippen LogP contribution in [0.5, 0.6) is 0 Å². The van der Waals surface area contributed by atoms with Crippen molar-refractivity contribution in [1.82, 2.24) is 10.2 Å². The minimum absolute atomic E-state index is 0.195. The molecular formula is C19H22N2O5. The maximum Gasteiger partial charge on any atom is 0.262 e. The van der Waals surface area contributed by atoms with E-state index in [9.17, 15) is 14.4 Å². The van der Waals surface area contributed by atoms with E-state index in [2.05, 4.69) is 5.32 Å². The minimum atomic E-state index is -0.476. The minimum Gasteiger partial charge on any atom is -0.352 e. The number of rotatable bonds is 4. The van der Waals surface area contributed by atoms with Crippen LogP contribution in [0.25, 0.3) is 0 Å². The highest BCUT2D eigenvalue weighted by atomic mass is 16.7. The van der Waals surface area contributed by atoms with Gasteiger partial charge in [-0.2, -0.15) is 0 Å². The molecule has 3 amide bonds. The lowest BCUT2D eigenvalue weighted by atomic mass is 9.94. The lowest BCUT2D eigenvalue weighted by molar-refractivity contribution is -0.186. The van der Waals surface area contributed by atoms with Crippen molar-refractivity contribution in [2.75, 3.05) is 19.7 Å². The van der Waals surface area contributed by atoms with E-state index < -0.39 is 17.6 Å². The van der Waals surface area contributed by atoms with Gasteiger partial charge in [-0.1, -0.05) is 18.6 Å². The van der Waals surface area contributed by atoms with Gasteiger partial charge in [0.2, 0.25) is 5.91 Å². The van der Waals surface area contributed by atoms with Crippen molar-refractivity contribution in [1.29, 1.82) is 0 Å². The van der Waals surface area contributed by atoms with Crippen LogP contribution in [0.3, 0.4) is 0 Å². The van der Waals surface area contributed by atoms with Gasteiger partial charge >= 0.3 is 0 Å². The number of benzene rings is 1. The average molecular weight is 358 g/mol. The van der Waals surface area contributed by atoms with Gasteiger partial charge in [0.05, 0.1) is 17.7 Å². The molecule has 3 aliphatic rings. The molecule has 7 heteroatoms. The normalized spacial score (nSPS) is 24.2. The van der Waals surface area contributed by atoms with Crippen molar-refractivity contribution < 1.29 is 23.9 Å². The van der Waals surface area contributed by atoms with Crippen LogP contribution in [0.4, 0.5) is 0 Å². The fraction of sp³-hybridized carbons (Fsp3) is 0.526. The predicted molar refractivity (Wildman–Crippen MR) is 91.5 cm³/mol. The number of nitrogens with zero attached hydrogens (tertiary/aromatic N) is 1. The first kappa shape index (κ1) is 17.2. The second kappa shape index (κ2) is 6.81. The van der Waals surface area contributed by atoms with Gasteiger partial charge in [-0.3, -0.25) is 19.3 Å². The highest BCUT2D eigenvalue weighted by Gasteiger charge is 2.42. The summed E-state index contributed by atoms with van der Waals surface area (Å²) in [6, 6.07) is 6.60. The number of nitrogens with one attached hydrogen (secondary N) is 1. The van der Waals surface area contributed by atoms with Gasteiger partial charge in [-0.25, -0.2) is 0 Å². The van der Waals surface area contributed by atoms with E-state index in [0.29, 0.717) is 24.3 Å². The van der Waals surface area contributed by atoms with Crippen LogP contribution in [0, 0.1) is 0 Å². The number of carbonyl (C=O) groups is 3. The Morgan fingerprint density at radius 3 is 2.42 bits per heavy atom. The Morgan fingerprint density at radius 1 is 1.12 bits per heavy atom. The molecule has 1 saturated heterocycles. The summed E-state index contributed by atoms with van der Waals surface area (Å²) in [6.07, 6.45) is 4.99. The third-order valence-corrected chi connectivity index (χ3v) is 5.24. The molecule has 1 unspecified atom stereocenters. The highest BCUT2D eigenvalue weighted by Crippen LogP contribution is 2.37. The Labute approximate surface area is 151 Å². The molecule has 2 aliphatic heterocycles. The smallest absolute Gasteiger partial charge is 0.262 e. The van der Waals surface area contributed by atoms with Gasteiger partial charge in [0.25, 0.3) is 11.8 Å². The van der Waals surface area contributed by atoms with Crippen molar-refractivity contribution in [2.24, 2.45) is 0 Å². The van der Waals surface area contributed by atoms with Crippen LogP contribution < -0.4 is 5.32 Å². The molecule has 1 aromatic carbocycles. The van der Waals surface area contributed by atoms with Crippen molar-refractivity contribution in [3.63, 3.8) is 0 Å². The molecule has 26 heavy (non-hydrogen) atoms. The Morgan fingerprint density at radius 2 is 1.77 bits per heavy atom. The number of fused-ring (bicyclic) bond motifs is 1. The SMILES string of the molecule is O=C(CN1C(=O)c2ccccc2C1=O)NCC1COC2(CCCCC2)O1. The van der Waals surface area contributed by atoms with Gasteiger partial charge in [0.15, 0.2) is 5.79 Å². The summed E-state index contributed by atoms with van der Waals surface area (Å²) in [6.45, 7) is 0.474. The van der Waals surface area contributed by atoms with E-state index in [0.717, 1.165) is 30.6 Å². The summed E-state index contributed by atoms with van der Waals surface area (Å²) in [5.41, 5.74) is 0.689. The van der Waals surface area contributed by atoms with E-state index >= 15 is 0 Å². The van der Waals surface area contributed by atoms with Crippen LogP contribution in [-0.2, 0) is 14.3 Å². The molecule has 1 N–H and O–H groups in total. The Hall–Kier alpha value is -2.25. The van der Waals surface area contributed by atoms with Crippen molar-refractivity contribution in [3.8, 4) is 0 Å². The molecular weight excluding hydrogens is 336 g/mol. The molecule has 2 heterocycles. The molecule has 4 rings (SSSR count). The quantitative estimate of drug-likeness (QED) is 0.824. The predicted octanol–water partition coefficient (Wildman–Crippen LogP) is 1.47. The van der Waals surface area contributed by atoms with Gasteiger partial charge in [0.1, 0.15) is 12.6 Å². The van der Waals surface area contributed by atoms with E-state index in [1.165, 1.54) is 6.42 Å². The monoisotopic (exact) mass is 358 g/mol. The van der Waals surface area contributed by atoms with Crippen LogP contribution in [0.15, 0.2) is 24.3 Å². The molecule has 1 aromatic rings. The maximum absolute atomic E-state index is 12.3. The lowest BCUT2D eigenvalue weighted by Crippen LogP contribution is -2.43. The van der Waals surface area contributed by atoms with Gasteiger partial charge in [0, 0.05) is 19.4 Å². The van der Waals surface area contributed by atoms with Gasteiger partial charge in [-0.05, 0) is 25.0 Å². The first-order valence-corrected chi connectivity index (χ1v) is 9.12. The zero-order valence-electron chi connectivity index (χ0n) is 14.5. The largest absolute Gasteiger partial charge is 0.352 e. The van der Waals surface area contributed by atoms with Gasteiger partial charge in [-0.15, -0.1) is 0 Å². The molecule has 1 aliphatic carbocycles. The zero-order valence-corrected chi connectivity index (χ0v) is 14.5. The van der Waals surface area contributed by atoms with Crippen LogP contribution in [0.1, 0.15) is 52.8 Å².